The van der Waals surface area contributed by atoms with E-state index >= 15 is 0 Å². The third kappa shape index (κ3) is 3.09. The molecular weight excluding hydrogens is 281 g/mol. The molecule has 21 heavy (non-hydrogen) atoms. The quantitative estimate of drug-likeness (QED) is 0.447. The number of pyridine rings is 1. The molecule has 0 fully saturated rings. The summed E-state index contributed by atoms with van der Waals surface area (Å²) in [4.78, 5) is 26.0. The van der Waals surface area contributed by atoms with E-state index in [0.717, 1.165) is 12.3 Å². The van der Waals surface area contributed by atoms with E-state index in [2.05, 4.69) is 15.7 Å². The van der Waals surface area contributed by atoms with E-state index in [1.807, 2.05) is 0 Å². The average molecular weight is 291 g/mol. The number of hydrogen-bond acceptors (Lipinski definition) is 6. The van der Waals surface area contributed by atoms with Crippen LogP contribution in [0.4, 0.5) is 21.6 Å². The van der Waals surface area contributed by atoms with Crippen molar-refractivity contribution < 1.29 is 14.1 Å². The maximum atomic E-state index is 12.7. The fourth-order valence-electron chi connectivity index (χ4n) is 1.67. The third-order valence-electron chi connectivity index (χ3n) is 2.60. The number of hydrogen-bond donors (Lipinski definition) is 3. The average Bonchev–Trinajstić information content (AvgIpc) is 2.48. The Labute approximate surface area is 117 Å². The second-order valence-electron chi connectivity index (χ2n) is 3.92. The van der Waals surface area contributed by atoms with Crippen LogP contribution in [0.3, 0.4) is 0 Å². The summed E-state index contributed by atoms with van der Waals surface area (Å²) in [7, 11) is 0. The van der Waals surface area contributed by atoms with Crippen molar-refractivity contribution in [2.45, 2.75) is 0 Å². The number of rotatable bonds is 4. The van der Waals surface area contributed by atoms with Crippen molar-refractivity contribution in [3.63, 3.8) is 0 Å². The summed E-state index contributed by atoms with van der Waals surface area (Å²) in [5.74, 6) is 4.14. The molecule has 1 aromatic carbocycles. The first kappa shape index (κ1) is 14.3. The Kier molecular flexibility index (Phi) is 4.05. The second kappa shape index (κ2) is 5.92. The Morgan fingerprint density at radius 3 is 2.67 bits per heavy atom. The molecule has 1 aromatic heterocycles. The minimum Gasteiger partial charge on any atom is -0.318 e. The van der Waals surface area contributed by atoms with Crippen molar-refractivity contribution in [2.24, 2.45) is 5.84 Å². The second-order valence-corrected chi connectivity index (χ2v) is 3.92. The number of para-hydroxylation sites is 1. The van der Waals surface area contributed by atoms with Gasteiger partial charge in [-0.2, -0.15) is 0 Å². The largest absolute Gasteiger partial charge is 0.318 e. The lowest BCUT2D eigenvalue weighted by Crippen LogP contribution is -2.18. The molecule has 0 aliphatic carbocycles. The first-order valence-electron chi connectivity index (χ1n) is 5.70. The summed E-state index contributed by atoms with van der Waals surface area (Å²) in [6, 6.07) is 6.31. The van der Waals surface area contributed by atoms with Crippen molar-refractivity contribution in [1.82, 2.24) is 4.98 Å². The third-order valence-corrected chi connectivity index (χ3v) is 2.60. The first-order valence-corrected chi connectivity index (χ1v) is 5.70. The zero-order valence-corrected chi connectivity index (χ0v) is 10.5. The highest BCUT2D eigenvalue weighted by Gasteiger charge is 2.21. The molecule has 8 nitrogen and oxygen atoms in total. The lowest BCUT2D eigenvalue weighted by molar-refractivity contribution is -0.384. The monoisotopic (exact) mass is 291 g/mol. The van der Waals surface area contributed by atoms with Crippen LogP contribution in [0.2, 0.25) is 0 Å². The smallest absolute Gasteiger partial charge is 0.294 e. The highest BCUT2D eigenvalue weighted by molar-refractivity contribution is 6.08. The van der Waals surface area contributed by atoms with Gasteiger partial charge in [0, 0.05) is 6.07 Å². The molecule has 4 N–H and O–H groups in total. The topological polar surface area (TPSA) is 123 Å². The van der Waals surface area contributed by atoms with Gasteiger partial charge in [-0.15, -0.1) is 0 Å². The van der Waals surface area contributed by atoms with Gasteiger partial charge in [0.2, 0.25) is 0 Å². The standard InChI is InChI=1S/C12H10FN5O3/c13-7-4-5-10(15-6-7)16-12(19)8-2-1-3-9(18(20)21)11(8)17-14/h1-6,17H,14H2,(H,15,16,19). The normalized spacial score (nSPS) is 10.0. The lowest BCUT2D eigenvalue weighted by Gasteiger charge is -2.09. The molecule has 2 aromatic rings. The van der Waals surface area contributed by atoms with Gasteiger partial charge in [0.15, 0.2) is 0 Å². The number of carbonyl (C=O) groups is 1. The highest BCUT2D eigenvalue weighted by atomic mass is 19.1. The molecule has 2 rings (SSSR count). The van der Waals surface area contributed by atoms with Crippen molar-refractivity contribution in [3.8, 4) is 0 Å². The number of anilines is 2. The Morgan fingerprint density at radius 2 is 2.10 bits per heavy atom. The summed E-state index contributed by atoms with van der Waals surface area (Å²) in [5, 5.41) is 13.3. The van der Waals surface area contributed by atoms with Gasteiger partial charge in [-0.05, 0) is 18.2 Å². The molecule has 0 aliphatic heterocycles. The predicted molar refractivity (Wildman–Crippen MR) is 73.1 cm³/mol. The number of nitrogens with two attached hydrogens (primary N) is 1. The SMILES string of the molecule is NNc1c(C(=O)Nc2ccc(F)cn2)cccc1[N+](=O)[O-]. The van der Waals surface area contributed by atoms with Crippen LogP contribution < -0.4 is 16.6 Å². The molecule has 108 valence electrons. The van der Waals surface area contributed by atoms with Crippen molar-refractivity contribution in [1.29, 1.82) is 0 Å². The Hall–Kier alpha value is -3.07. The number of hydrazine groups is 1. The highest BCUT2D eigenvalue weighted by Crippen LogP contribution is 2.27. The van der Waals surface area contributed by atoms with E-state index in [0.29, 0.717) is 0 Å². The molecule has 0 unspecified atom stereocenters. The van der Waals surface area contributed by atoms with Crippen LogP contribution in [0.1, 0.15) is 10.4 Å². The molecule has 1 heterocycles. The van der Waals surface area contributed by atoms with E-state index in [4.69, 9.17) is 5.84 Å². The maximum Gasteiger partial charge on any atom is 0.294 e. The van der Waals surface area contributed by atoms with E-state index in [1.54, 1.807) is 0 Å². The number of nitro groups is 1. The molecule has 0 saturated carbocycles. The van der Waals surface area contributed by atoms with Gasteiger partial charge in [-0.25, -0.2) is 9.37 Å². The number of amides is 1. The van der Waals surface area contributed by atoms with Gasteiger partial charge >= 0.3 is 0 Å². The van der Waals surface area contributed by atoms with Crippen LogP contribution in [0, 0.1) is 15.9 Å². The fraction of sp³-hybridized carbons (Fsp3) is 0. The van der Waals surface area contributed by atoms with Crippen molar-refractivity contribution >= 4 is 23.1 Å². The molecular formula is C12H10FN5O3. The number of nitrogens with zero attached hydrogens (tertiary/aromatic N) is 2. The number of nitro benzene ring substituents is 1. The van der Waals surface area contributed by atoms with Crippen LogP contribution in [0.15, 0.2) is 36.5 Å². The Morgan fingerprint density at radius 1 is 1.33 bits per heavy atom. The zero-order valence-electron chi connectivity index (χ0n) is 10.5. The summed E-state index contributed by atoms with van der Waals surface area (Å²) >= 11 is 0. The van der Waals surface area contributed by atoms with Crippen LogP contribution in [-0.2, 0) is 0 Å². The van der Waals surface area contributed by atoms with Crippen LogP contribution in [0.25, 0.3) is 0 Å². The molecule has 9 heteroatoms. The number of carbonyl (C=O) groups excluding carboxylic acids is 1. The van der Waals surface area contributed by atoms with Crippen LogP contribution >= 0.6 is 0 Å². The Balaban J connectivity index is 2.33. The number of nitrogens with one attached hydrogen (secondary N) is 2. The van der Waals surface area contributed by atoms with Crippen LogP contribution in [-0.4, -0.2) is 15.8 Å². The lowest BCUT2D eigenvalue weighted by atomic mass is 10.1. The Bertz CT molecular complexity index is 690. The molecule has 0 atom stereocenters. The van der Waals surface area contributed by atoms with Gasteiger partial charge in [-0.3, -0.25) is 20.8 Å². The summed E-state index contributed by atoms with van der Waals surface area (Å²) in [6.45, 7) is 0. The summed E-state index contributed by atoms with van der Waals surface area (Å²) < 4.78 is 12.7. The first-order chi connectivity index (χ1) is 10.0. The summed E-state index contributed by atoms with van der Waals surface area (Å²) in [6.07, 6.45) is 0.936. The maximum absolute atomic E-state index is 12.7. The van der Waals surface area contributed by atoms with E-state index in [-0.39, 0.29) is 22.8 Å². The molecule has 1 amide bonds. The van der Waals surface area contributed by atoms with Crippen LogP contribution in [0.5, 0.6) is 0 Å². The number of benzene rings is 1. The molecule has 0 saturated heterocycles. The molecule has 0 radical (unpaired) electrons. The van der Waals surface area contributed by atoms with Gasteiger partial charge in [-0.1, -0.05) is 6.07 Å². The van der Waals surface area contributed by atoms with Gasteiger partial charge < -0.3 is 10.7 Å². The number of nitrogen functional groups attached to an aromatic ring is 1. The minimum atomic E-state index is -0.665. The number of halogens is 1. The zero-order chi connectivity index (χ0) is 15.4. The van der Waals surface area contributed by atoms with E-state index in [9.17, 15) is 19.3 Å². The van der Waals surface area contributed by atoms with Gasteiger partial charge in [0.05, 0.1) is 16.7 Å². The molecule has 0 spiro atoms. The predicted octanol–water partition coefficient (Wildman–Crippen LogP) is 1.67. The van der Waals surface area contributed by atoms with E-state index in [1.165, 1.54) is 24.3 Å². The van der Waals surface area contributed by atoms with Gasteiger partial charge in [0.1, 0.15) is 17.3 Å². The minimum absolute atomic E-state index is 0.0298. The molecule has 0 aliphatic rings. The summed E-state index contributed by atoms with van der Waals surface area (Å²) in [5.41, 5.74) is 1.65. The van der Waals surface area contributed by atoms with Gasteiger partial charge in [0.25, 0.3) is 11.6 Å². The van der Waals surface area contributed by atoms with E-state index < -0.39 is 16.6 Å². The van der Waals surface area contributed by atoms with Crippen molar-refractivity contribution in [2.75, 3.05) is 10.7 Å². The number of aromatic nitrogens is 1. The van der Waals surface area contributed by atoms with Crippen molar-refractivity contribution in [3.05, 3.63) is 58.0 Å². The molecule has 0 bridgehead atoms. The fourth-order valence-corrected chi connectivity index (χ4v) is 1.67.